The summed E-state index contributed by atoms with van der Waals surface area (Å²) in [6.07, 6.45) is 2.57. The first-order chi connectivity index (χ1) is 11.5. The van der Waals surface area contributed by atoms with Crippen molar-refractivity contribution in [2.24, 2.45) is 0 Å². The molecule has 1 saturated carbocycles. The Hall–Kier alpha value is -2.11. The van der Waals surface area contributed by atoms with Crippen molar-refractivity contribution in [2.45, 2.75) is 18.4 Å². The molecule has 4 rings (SSSR count). The number of halogens is 2. The number of urea groups is 1. The number of carbonyl (C=O) groups is 2. The van der Waals surface area contributed by atoms with E-state index in [0.717, 1.165) is 23.2 Å². The van der Waals surface area contributed by atoms with Crippen molar-refractivity contribution in [3.05, 3.63) is 52.1 Å². The Morgan fingerprint density at radius 1 is 1.12 bits per heavy atom. The number of pyridine rings is 1. The smallest absolute Gasteiger partial charge is 0.324 e. The van der Waals surface area contributed by atoms with Gasteiger partial charge in [-0.25, -0.2) is 4.79 Å². The number of amides is 3. The summed E-state index contributed by atoms with van der Waals surface area (Å²) in [6.45, 7) is 0.0920. The summed E-state index contributed by atoms with van der Waals surface area (Å²) < 4.78 is 0. The molecule has 2 fully saturated rings. The van der Waals surface area contributed by atoms with Crippen LogP contribution in [-0.4, -0.2) is 34.4 Å². The predicted molar refractivity (Wildman–Crippen MR) is 91.1 cm³/mol. The summed E-state index contributed by atoms with van der Waals surface area (Å²) in [5.41, 5.74) is 2.64. The van der Waals surface area contributed by atoms with E-state index in [9.17, 15) is 9.59 Å². The SMILES string of the molecule is O=C1CNC(=O)N1C1CC1c1ccc(-c2cc(Cl)cc(Cl)c2)nc1. The largest absolute Gasteiger partial charge is 0.329 e. The van der Waals surface area contributed by atoms with Gasteiger partial charge in [-0.2, -0.15) is 0 Å². The van der Waals surface area contributed by atoms with Gasteiger partial charge >= 0.3 is 6.03 Å². The van der Waals surface area contributed by atoms with Crippen LogP contribution < -0.4 is 5.32 Å². The molecule has 1 aromatic carbocycles. The number of imide groups is 1. The fourth-order valence-electron chi connectivity index (χ4n) is 3.09. The average molecular weight is 362 g/mol. The maximum absolute atomic E-state index is 11.7. The molecule has 1 saturated heterocycles. The third kappa shape index (κ3) is 2.74. The molecule has 2 unspecified atom stereocenters. The minimum Gasteiger partial charge on any atom is -0.329 e. The fraction of sp³-hybridized carbons (Fsp3) is 0.235. The third-order valence-electron chi connectivity index (χ3n) is 4.34. The maximum Gasteiger partial charge on any atom is 0.324 e. The van der Waals surface area contributed by atoms with Crippen molar-refractivity contribution in [1.82, 2.24) is 15.2 Å². The summed E-state index contributed by atoms with van der Waals surface area (Å²) in [5, 5.41) is 3.67. The van der Waals surface area contributed by atoms with Crippen LogP contribution in [0, 0.1) is 0 Å². The van der Waals surface area contributed by atoms with Crippen LogP contribution in [0.5, 0.6) is 0 Å². The Morgan fingerprint density at radius 3 is 2.46 bits per heavy atom. The Balaban J connectivity index is 1.53. The highest BCUT2D eigenvalue weighted by Crippen LogP contribution is 2.45. The van der Waals surface area contributed by atoms with E-state index in [1.165, 1.54) is 4.90 Å². The molecule has 5 nitrogen and oxygen atoms in total. The summed E-state index contributed by atoms with van der Waals surface area (Å²) in [7, 11) is 0. The second-order valence-electron chi connectivity index (χ2n) is 5.97. The van der Waals surface area contributed by atoms with Gasteiger partial charge in [-0.1, -0.05) is 29.3 Å². The molecule has 24 heavy (non-hydrogen) atoms. The highest BCUT2D eigenvalue weighted by molar-refractivity contribution is 6.35. The highest BCUT2D eigenvalue weighted by atomic mass is 35.5. The van der Waals surface area contributed by atoms with Gasteiger partial charge in [-0.15, -0.1) is 0 Å². The minimum atomic E-state index is -0.300. The molecule has 0 radical (unpaired) electrons. The summed E-state index contributed by atoms with van der Waals surface area (Å²) in [4.78, 5) is 29.2. The second-order valence-corrected chi connectivity index (χ2v) is 6.84. The Kier molecular flexibility index (Phi) is 3.70. The molecule has 2 atom stereocenters. The van der Waals surface area contributed by atoms with E-state index >= 15 is 0 Å². The topological polar surface area (TPSA) is 62.3 Å². The fourth-order valence-corrected chi connectivity index (χ4v) is 3.62. The number of nitrogens with one attached hydrogen (secondary N) is 1. The zero-order valence-corrected chi connectivity index (χ0v) is 14.0. The molecule has 2 heterocycles. The van der Waals surface area contributed by atoms with Gasteiger partial charge < -0.3 is 5.32 Å². The van der Waals surface area contributed by atoms with Gasteiger partial charge in [0.1, 0.15) is 0 Å². The van der Waals surface area contributed by atoms with Crippen LogP contribution >= 0.6 is 23.2 Å². The summed E-state index contributed by atoms with van der Waals surface area (Å²) in [5.74, 6) is -0.00653. The normalized spacial score (nSPS) is 22.7. The highest BCUT2D eigenvalue weighted by Gasteiger charge is 2.49. The zero-order valence-electron chi connectivity index (χ0n) is 12.5. The Morgan fingerprint density at radius 2 is 1.88 bits per heavy atom. The Bertz CT molecular complexity index is 802. The molecule has 3 amide bonds. The van der Waals surface area contributed by atoms with Crippen LogP contribution in [0.4, 0.5) is 4.79 Å². The second kappa shape index (κ2) is 5.76. The van der Waals surface area contributed by atoms with Crippen LogP contribution in [0.25, 0.3) is 11.3 Å². The van der Waals surface area contributed by atoms with Crippen molar-refractivity contribution in [3.8, 4) is 11.3 Å². The quantitative estimate of drug-likeness (QED) is 0.851. The van der Waals surface area contributed by atoms with Crippen LogP contribution in [0.3, 0.4) is 0 Å². The van der Waals surface area contributed by atoms with Gasteiger partial charge in [0.05, 0.1) is 12.2 Å². The van der Waals surface area contributed by atoms with Crippen molar-refractivity contribution in [2.75, 3.05) is 6.54 Å². The third-order valence-corrected chi connectivity index (χ3v) is 4.78. The van der Waals surface area contributed by atoms with Crippen molar-refractivity contribution < 1.29 is 9.59 Å². The van der Waals surface area contributed by atoms with Crippen LogP contribution in [-0.2, 0) is 4.79 Å². The van der Waals surface area contributed by atoms with E-state index < -0.39 is 0 Å². The number of hydrogen-bond donors (Lipinski definition) is 1. The lowest BCUT2D eigenvalue weighted by Crippen LogP contribution is -2.33. The number of hydrogen-bond acceptors (Lipinski definition) is 3. The minimum absolute atomic E-state index is 0.0618. The van der Waals surface area contributed by atoms with E-state index in [4.69, 9.17) is 23.2 Å². The van der Waals surface area contributed by atoms with Crippen LogP contribution in [0.2, 0.25) is 10.0 Å². The van der Waals surface area contributed by atoms with Gasteiger partial charge in [0.15, 0.2) is 0 Å². The molecular weight excluding hydrogens is 349 g/mol. The predicted octanol–water partition coefficient (Wildman–Crippen LogP) is 3.46. The van der Waals surface area contributed by atoms with E-state index in [0.29, 0.717) is 10.0 Å². The molecule has 0 spiro atoms. The van der Waals surface area contributed by atoms with Crippen molar-refractivity contribution >= 4 is 35.1 Å². The number of benzene rings is 1. The van der Waals surface area contributed by atoms with Crippen LogP contribution in [0.15, 0.2) is 36.5 Å². The lowest BCUT2D eigenvalue weighted by molar-refractivity contribution is -0.125. The van der Waals surface area contributed by atoms with Gasteiger partial charge in [-0.3, -0.25) is 14.7 Å². The first kappa shape index (κ1) is 15.4. The average Bonchev–Trinajstić information content (AvgIpc) is 3.25. The van der Waals surface area contributed by atoms with Crippen molar-refractivity contribution in [3.63, 3.8) is 0 Å². The summed E-state index contributed by atoms with van der Waals surface area (Å²) >= 11 is 12.0. The summed E-state index contributed by atoms with van der Waals surface area (Å²) in [6, 6.07) is 8.80. The van der Waals surface area contributed by atoms with Gasteiger partial charge in [0.2, 0.25) is 5.91 Å². The van der Waals surface area contributed by atoms with Gasteiger partial charge in [0.25, 0.3) is 0 Å². The maximum atomic E-state index is 11.7. The molecule has 1 aliphatic carbocycles. The van der Waals surface area contributed by atoms with E-state index in [2.05, 4.69) is 10.3 Å². The standard InChI is InChI=1S/C17H13Cl2N3O2/c18-11-3-10(4-12(19)5-11)14-2-1-9(7-20-14)13-6-15(13)22-16(23)8-21-17(22)24/h1-5,7,13,15H,6,8H2,(H,21,24). The first-order valence-electron chi connectivity index (χ1n) is 7.55. The zero-order chi connectivity index (χ0) is 16.8. The first-order valence-corrected chi connectivity index (χ1v) is 8.31. The van der Waals surface area contributed by atoms with E-state index in [-0.39, 0.29) is 30.4 Å². The molecular formula is C17H13Cl2N3O2. The van der Waals surface area contributed by atoms with Crippen LogP contribution in [0.1, 0.15) is 17.9 Å². The molecule has 2 aliphatic rings. The van der Waals surface area contributed by atoms with Gasteiger partial charge in [-0.05, 0) is 36.2 Å². The lowest BCUT2D eigenvalue weighted by Gasteiger charge is -2.12. The number of nitrogens with zero attached hydrogens (tertiary/aromatic N) is 2. The molecule has 1 aliphatic heterocycles. The molecule has 0 bridgehead atoms. The molecule has 7 heteroatoms. The molecule has 122 valence electrons. The lowest BCUT2D eigenvalue weighted by atomic mass is 10.1. The number of carbonyl (C=O) groups excluding carboxylic acids is 2. The number of aromatic nitrogens is 1. The Labute approximate surface area is 148 Å². The molecule has 2 aromatic rings. The van der Waals surface area contributed by atoms with Crippen molar-refractivity contribution in [1.29, 1.82) is 0 Å². The van der Waals surface area contributed by atoms with E-state index in [1.54, 1.807) is 12.3 Å². The van der Waals surface area contributed by atoms with E-state index in [1.807, 2.05) is 24.3 Å². The van der Waals surface area contributed by atoms with Gasteiger partial charge in [0, 0.05) is 33.8 Å². The molecule has 1 N–H and O–H groups in total. The monoisotopic (exact) mass is 361 g/mol. The number of rotatable bonds is 3. The molecule has 1 aromatic heterocycles.